The van der Waals surface area contributed by atoms with Gasteiger partial charge in [0.05, 0.1) is 25.9 Å². The molecule has 0 aromatic heterocycles. The summed E-state index contributed by atoms with van der Waals surface area (Å²) in [4.78, 5) is 0. The average molecular weight is 257 g/mol. The molecule has 3 N–H and O–H groups in total. The zero-order valence-corrected chi connectivity index (χ0v) is 10.5. The molecule has 102 valence electrons. The van der Waals surface area contributed by atoms with Crippen molar-refractivity contribution < 1.29 is 19.3 Å². The van der Waals surface area contributed by atoms with E-state index in [1.807, 2.05) is 6.92 Å². The molecule has 5 heteroatoms. The van der Waals surface area contributed by atoms with Gasteiger partial charge in [-0.25, -0.2) is 4.39 Å². The largest absolute Gasteiger partial charge is 0.394 e. The highest BCUT2D eigenvalue weighted by Gasteiger charge is 2.15. The van der Waals surface area contributed by atoms with Crippen molar-refractivity contribution in [3.8, 4) is 0 Å². The number of ether oxygens (including phenoxy) is 1. The first-order chi connectivity index (χ1) is 8.65. The molecule has 0 aliphatic rings. The minimum Gasteiger partial charge on any atom is -0.394 e. The Morgan fingerprint density at radius 2 is 1.94 bits per heavy atom. The lowest BCUT2D eigenvalue weighted by Crippen LogP contribution is -2.34. The van der Waals surface area contributed by atoms with Crippen molar-refractivity contribution in [1.29, 1.82) is 0 Å². The molecule has 1 aromatic rings. The first kappa shape index (κ1) is 15.0. The van der Waals surface area contributed by atoms with Gasteiger partial charge in [0.15, 0.2) is 0 Å². The van der Waals surface area contributed by atoms with E-state index in [0.29, 0.717) is 25.3 Å². The topological polar surface area (TPSA) is 61.7 Å². The van der Waals surface area contributed by atoms with Crippen molar-refractivity contribution in [2.24, 2.45) is 0 Å². The van der Waals surface area contributed by atoms with Crippen LogP contribution in [-0.2, 0) is 4.74 Å². The number of aliphatic hydroxyl groups is 2. The molecule has 0 saturated heterocycles. The standard InChI is InChI=1S/C13H20FNO3/c1-10(15-6-8-18-9-7-16)13(17)11-2-4-12(14)5-3-11/h2-5,10,13,15-17H,6-9H2,1H3. The molecule has 0 fully saturated rings. The average Bonchev–Trinajstić information content (AvgIpc) is 2.38. The monoisotopic (exact) mass is 257 g/mol. The van der Waals surface area contributed by atoms with Gasteiger partial charge >= 0.3 is 0 Å². The predicted octanol–water partition coefficient (Wildman–Crippen LogP) is 0.846. The molecule has 0 bridgehead atoms. The second kappa shape index (κ2) is 8.16. The normalized spacial score (nSPS) is 14.4. The number of halogens is 1. The molecule has 0 aliphatic carbocycles. The minimum absolute atomic E-state index is 0.00770. The summed E-state index contributed by atoms with van der Waals surface area (Å²) < 4.78 is 17.8. The van der Waals surface area contributed by atoms with Gasteiger partial charge in [0, 0.05) is 12.6 Å². The van der Waals surface area contributed by atoms with Gasteiger partial charge in [-0.15, -0.1) is 0 Å². The van der Waals surface area contributed by atoms with Gasteiger partial charge in [-0.1, -0.05) is 12.1 Å². The Balaban J connectivity index is 2.32. The van der Waals surface area contributed by atoms with E-state index in [-0.39, 0.29) is 18.5 Å². The highest BCUT2D eigenvalue weighted by atomic mass is 19.1. The number of nitrogens with one attached hydrogen (secondary N) is 1. The number of benzene rings is 1. The molecule has 4 nitrogen and oxygen atoms in total. The Morgan fingerprint density at radius 3 is 2.56 bits per heavy atom. The molecule has 0 amide bonds. The summed E-state index contributed by atoms with van der Waals surface area (Å²) in [6.07, 6.45) is -0.691. The van der Waals surface area contributed by atoms with E-state index in [1.165, 1.54) is 12.1 Å². The molecule has 1 rings (SSSR count). The summed E-state index contributed by atoms with van der Waals surface area (Å²) in [5.41, 5.74) is 0.674. The highest BCUT2D eigenvalue weighted by molar-refractivity contribution is 5.19. The SMILES string of the molecule is CC(NCCOCCO)C(O)c1ccc(F)cc1. The zero-order chi connectivity index (χ0) is 13.4. The van der Waals surface area contributed by atoms with Crippen LogP contribution in [0.15, 0.2) is 24.3 Å². The first-order valence-electron chi connectivity index (χ1n) is 6.00. The number of aliphatic hydroxyl groups excluding tert-OH is 2. The maximum absolute atomic E-state index is 12.7. The van der Waals surface area contributed by atoms with Crippen LogP contribution in [0.4, 0.5) is 4.39 Å². The van der Waals surface area contributed by atoms with Gasteiger partial charge in [0.25, 0.3) is 0 Å². The van der Waals surface area contributed by atoms with Gasteiger partial charge in [0.2, 0.25) is 0 Å². The second-order valence-electron chi connectivity index (χ2n) is 4.08. The molecular formula is C13H20FNO3. The predicted molar refractivity (Wildman–Crippen MR) is 66.7 cm³/mol. The molecular weight excluding hydrogens is 237 g/mol. The Kier molecular flexibility index (Phi) is 6.82. The molecule has 18 heavy (non-hydrogen) atoms. The molecule has 1 aromatic carbocycles. The molecule has 0 heterocycles. The second-order valence-corrected chi connectivity index (χ2v) is 4.08. The lowest BCUT2D eigenvalue weighted by atomic mass is 10.0. The summed E-state index contributed by atoms with van der Waals surface area (Å²) in [5, 5.41) is 21.6. The van der Waals surface area contributed by atoms with Crippen molar-refractivity contribution >= 4 is 0 Å². The van der Waals surface area contributed by atoms with Crippen LogP contribution in [0.1, 0.15) is 18.6 Å². The lowest BCUT2D eigenvalue weighted by Gasteiger charge is -2.20. The van der Waals surface area contributed by atoms with Crippen molar-refractivity contribution in [1.82, 2.24) is 5.32 Å². The summed E-state index contributed by atoms with van der Waals surface area (Å²) in [7, 11) is 0. The lowest BCUT2D eigenvalue weighted by molar-refractivity contribution is 0.0849. The van der Waals surface area contributed by atoms with Crippen LogP contribution in [0.25, 0.3) is 0 Å². The maximum Gasteiger partial charge on any atom is 0.123 e. The summed E-state index contributed by atoms with van der Waals surface area (Å²) in [6, 6.07) is 5.64. The Hall–Kier alpha value is -1.01. The number of hydrogen-bond acceptors (Lipinski definition) is 4. The van der Waals surface area contributed by atoms with Crippen LogP contribution < -0.4 is 5.32 Å². The van der Waals surface area contributed by atoms with Gasteiger partial charge < -0.3 is 20.3 Å². The van der Waals surface area contributed by atoms with Crippen LogP contribution in [0, 0.1) is 5.82 Å². The summed E-state index contributed by atoms with van der Waals surface area (Å²) >= 11 is 0. The van der Waals surface area contributed by atoms with Crippen LogP contribution in [0.2, 0.25) is 0 Å². The molecule has 0 spiro atoms. The third-order valence-corrected chi connectivity index (χ3v) is 2.63. The van der Waals surface area contributed by atoms with Crippen LogP contribution in [0.5, 0.6) is 0 Å². The summed E-state index contributed by atoms with van der Waals surface area (Å²) in [5.74, 6) is -0.316. The van der Waals surface area contributed by atoms with Gasteiger partial charge in [-0.05, 0) is 24.6 Å². The summed E-state index contributed by atoms with van der Waals surface area (Å²) in [6.45, 7) is 3.23. The van der Waals surface area contributed by atoms with Crippen molar-refractivity contribution in [3.63, 3.8) is 0 Å². The Bertz CT molecular complexity index is 332. The number of hydrogen-bond donors (Lipinski definition) is 3. The maximum atomic E-state index is 12.7. The minimum atomic E-state index is -0.691. The fraction of sp³-hybridized carbons (Fsp3) is 0.538. The van der Waals surface area contributed by atoms with Gasteiger partial charge in [-0.3, -0.25) is 0 Å². The van der Waals surface area contributed by atoms with E-state index in [2.05, 4.69) is 5.32 Å². The molecule has 2 unspecified atom stereocenters. The Labute approximate surface area is 106 Å². The van der Waals surface area contributed by atoms with Crippen LogP contribution in [0.3, 0.4) is 0 Å². The third kappa shape index (κ3) is 5.10. The smallest absolute Gasteiger partial charge is 0.123 e. The van der Waals surface area contributed by atoms with E-state index in [4.69, 9.17) is 9.84 Å². The van der Waals surface area contributed by atoms with Crippen molar-refractivity contribution in [2.45, 2.75) is 19.1 Å². The van der Waals surface area contributed by atoms with Crippen molar-refractivity contribution in [3.05, 3.63) is 35.6 Å². The van der Waals surface area contributed by atoms with E-state index in [9.17, 15) is 9.50 Å². The fourth-order valence-corrected chi connectivity index (χ4v) is 1.59. The van der Waals surface area contributed by atoms with Gasteiger partial charge in [0.1, 0.15) is 5.82 Å². The van der Waals surface area contributed by atoms with Gasteiger partial charge in [-0.2, -0.15) is 0 Å². The molecule has 2 atom stereocenters. The Morgan fingerprint density at radius 1 is 1.28 bits per heavy atom. The molecule has 0 radical (unpaired) electrons. The number of rotatable bonds is 8. The van der Waals surface area contributed by atoms with Crippen LogP contribution in [-0.4, -0.2) is 42.6 Å². The third-order valence-electron chi connectivity index (χ3n) is 2.63. The molecule has 0 aliphatic heterocycles. The molecule has 0 saturated carbocycles. The quantitative estimate of drug-likeness (QED) is 0.604. The fourth-order valence-electron chi connectivity index (χ4n) is 1.59. The van der Waals surface area contributed by atoms with E-state index in [1.54, 1.807) is 12.1 Å². The van der Waals surface area contributed by atoms with Crippen LogP contribution >= 0.6 is 0 Å². The van der Waals surface area contributed by atoms with E-state index in [0.717, 1.165) is 0 Å². The first-order valence-corrected chi connectivity index (χ1v) is 6.00. The van der Waals surface area contributed by atoms with E-state index < -0.39 is 6.10 Å². The highest BCUT2D eigenvalue weighted by Crippen LogP contribution is 2.16. The van der Waals surface area contributed by atoms with E-state index >= 15 is 0 Å². The van der Waals surface area contributed by atoms with Crippen molar-refractivity contribution in [2.75, 3.05) is 26.4 Å². The zero-order valence-electron chi connectivity index (χ0n) is 10.5.